The summed E-state index contributed by atoms with van der Waals surface area (Å²) in [5.74, 6) is 0. The number of aryl methyl sites for hydroxylation is 1. The number of halogens is 1. The molecule has 0 saturated heterocycles. The van der Waals surface area contributed by atoms with E-state index in [4.69, 9.17) is 4.74 Å². The lowest BCUT2D eigenvalue weighted by atomic mass is 10.4. The Kier molecular flexibility index (Phi) is 4.77. The number of ether oxygens (including phenoxy) is 1. The number of hydrogen-bond acceptors (Lipinski definition) is 4. The summed E-state index contributed by atoms with van der Waals surface area (Å²) < 4.78 is 6.80. The van der Waals surface area contributed by atoms with Gasteiger partial charge in [-0.3, -0.25) is 4.79 Å². The highest BCUT2D eigenvalue weighted by atomic mass is 79.9. The first-order valence-electron chi connectivity index (χ1n) is 4.69. The number of hydrogen-bond donors (Lipinski definition) is 1. The average molecular weight is 276 g/mol. The van der Waals surface area contributed by atoms with E-state index in [-0.39, 0.29) is 5.56 Å². The van der Waals surface area contributed by atoms with Crippen molar-refractivity contribution >= 4 is 21.6 Å². The Hall–Kier alpha value is -0.880. The van der Waals surface area contributed by atoms with Crippen molar-refractivity contribution in [2.75, 3.05) is 25.6 Å². The van der Waals surface area contributed by atoms with Crippen molar-refractivity contribution in [3.63, 3.8) is 0 Å². The fourth-order valence-corrected chi connectivity index (χ4v) is 1.55. The minimum Gasteiger partial charge on any atom is -0.383 e. The van der Waals surface area contributed by atoms with Crippen molar-refractivity contribution in [1.29, 1.82) is 0 Å². The van der Waals surface area contributed by atoms with Gasteiger partial charge < -0.3 is 10.1 Å². The van der Waals surface area contributed by atoms with Crippen LogP contribution in [0.25, 0.3) is 0 Å². The lowest BCUT2D eigenvalue weighted by Crippen LogP contribution is -2.24. The van der Waals surface area contributed by atoms with Crippen molar-refractivity contribution in [2.24, 2.45) is 0 Å². The summed E-state index contributed by atoms with van der Waals surface area (Å²) in [5, 5.41) is 7.07. The molecule has 0 aliphatic heterocycles. The van der Waals surface area contributed by atoms with Crippen LogP contribution in [0.2, 0.25) is 0 Å². The lowest BCUT2D eigenvalue weighted by molar-refractivity contribution is 0.210. The molecule has 5 nitrogen and oxygen atoms in total. The predicted molar refractivity (Wildman–Crippen MR) is 62.2 cm³/mol. The molecule has 0 amide bonds. The standard InChI is InChI=1S/C9H14BrN3O2/c1-3-13-9(14)8(10)7(6-12-13)11-4-5-15-2/h6,11H,3-5H2,1-2H3. The second-order valence-electron chi connectivity index (χ2n) is 2.91. The van der Waals surface area contributed by atoms with Crippen molar-refractivity contribution in [3.05, 3.63) is 21.0 Å². The van der Waals surface area contributed by atoms with Gasteiger partial charge >= 0.3 is 0 Å². The van der Waals surface area contributed by atoms with Crippen LogP contribution in [-0.4, -0.2) is 30.0 Å². The molecule has 1 aromatic rings. The minimum atomic E-state index is -0.125. The van der Waals surface area contributed by atoms with E-state index in [1.54, 1.807) is 13.3 Å². The van der Waals surface area contributed by atoms with Crippen LogP contribution >= 0.6 is 15.9 Å². The van der Waals surface area contributed by atoms with Crippen LogP contribution in [0.1, 0.15) is 6.92 Å². The van der Waals surface area contributed by atoms with Gasteiger partial charge in [0.2, 0.25) is 0 Å². The molecule has 0 atom stereocenters. The molecule has 84 valence electrons. The predicted octanol–water partition coefficient (Wildman–Crippen LogP) is 1.08. The highest BCUT2D eigenvalue weighted by Crippen LogP contribution is 2.15. The summed E-state index contributed by atoms with van der Waals surface area (Å²) in [7, 11) is 1.63. The van der Waals surface area contributed by atoms with Crippen LogP contribution in [0.15, 0.2) is 15.5 Å². The average Bonchev–Trinajstić information content (AvgIpc) is 2.25. The van der Waals surface area contributed by atoms with E-state index in [0.29, 0.717) is 29.9 Å². The monoisotopic (exact) mass is 275 g/mol. The summed E-state index contributed by atoms with van der Waals surface area (Å²) in [6.45, 7) is 3.67. The van der Waals surface area contributed by atoms with Gasteiger partial charge in [0.15, 0.2) is 0 Å². The summed E-state index contributed by atoms with van der Waals surface area (Å²) >= 11 is 3.25. The normalized spacial score (nSPS) is 10.3. The van der Waals surface area contributed by atoms with Crippen LogP contribution in [0.4, 0.5) is 5.69 Å². The second kappa shape index (κ2) is 5.87. The molecule has 0 aromatic carbocycles. The highest BCUT2D eigenvalue weighted by molar-refractivity contribution is 9.10. The number of methoxy groups -OCH3 is 1. The van der Waals surface area contributed by atoms with Gasteiger partial charge in [-0.15, -0.1) is 0 Å². The van der Waals surface area contributed by atoms with Crippen LogP contribution in [0.3, 0.4) is 0 Å². The zero-order valence-electron chi connectivity index (χ0n) is 8.79. The van der Waals surface area contributed by atoms with E-state index in [1.165, 1.54) is 4.68 Å². The Morgan fingerprint density at radius 2 is 2.40 bits per heavy atom. The van der Waals surface area contributed by atoms with Crippen molar-refractivity contribution in [2.45, 2.75) is 13.5 Å². The number of nitrogens with one attached hydrogen (secondary N) is 1. The Morgan fingerprint density at radius 1 is 1.67 bits per heavy atom. The molecule has 0 aliphatic rings. The first kappa shape index (κ1) is 12.2. The van der Waals surface area contributed by atoms with Gasteiger partial charge in [-0.1, -0.05) is 0 Å². The first-order chi connectivity index (χ1) is 7.20. The molecule has 1 heterocycles. The zero-order valence-corrected chi connectivity index (χ0v) is 10.4. The molecule has 1 aromatic heterocycles. The molecule has 1 rings (SSSR count). The SMILES string of the molecule is CCn1ncc(NCCOC)c(Br)c1=O. The second-order valence-corrected chi connectivity index (χ2v) is 3.71. The molecule has 0 unspecified atom stereocenters. The zero-order chi connectivity index (χ0) is 11.3. The van der Waals surface area contributed by atoms with Crippen molar-refractivity contribution < 1.29 is 4.74 Å². The molecule has 0 saturated carbocycles. The third-order valence-electron chi connectivity index (χ3n) is 1.91. The molecule has 0 radical (unpaired) electrons. The van der Waals surface area contributed by atoms with Crippen LogP contribution < -0.4 is 10.9 Å². The maximum absolute atomic E-state index is 11.6. The van der Waals surface area contributed by atoms with Crippen molar-refractivity contribution in [1.82, 2.24) is 9.78 Å². The van der Waals surface area contributed by atoms with E-state index >= 15 is 0 Å². The fourth-order valence-electron chi connectivity index (χ4n) is 1.10. The number of aromatic nitrogens is 2. The Bertz CT molecular complexity index is 378. The smallest absolute Gasteiger partial charge is 0.283 e. The molecule has 15 heavy (non-hydrogen) atoms. The molecular weight excluding hydrogens is 262 g/mol. The molecule has 0 spiro atoms. The quantitative estimate of drug-likeness (QED) is 0.818. The molecule has 0 aliphatic carbocycles. The summed E-state index contributed by atoms with van der Waals surface area (Å²) in [6, 6.07) is 0. The van der Waals surface area contributed by atoms with E-state index in [9.17, 15) is 4.79 Å². The van der Waals surface area contributed by atoms with E-state index in [0.717, 1.165) is 0 Å². The third kappa shape index (κ3) is 3.04. The fraction of sp³-hybridized carbons (Fsp3) is 0.556. The molecule has 0 fully saturated rings. The van der Waals surface area contributed by atoms with Crippen LogP contribution in [0, 0.1) is 0 Å². The van der Waals surface area contributed by atoms with Gasteiger partial charge in [-0.25, -0.2) is 4.68 Å². The summed E-state index contributed by atoms with van der Waals surface area (Å²) in [5.41, 5.74) is 0.571. The number of rotatable bonds is 5. The topological polar surface area (TPSA) is 56.1 Å². The van der Waals surface area contributed by atoms with Gasteiger partial charge in [-0.05, 0) is 22.9 Å². The van der Waals surface area contributed by atoms with Gasteiger partial charge in [0, 0.05) is 20.2 Å². The molecule has 1 N–H and O–H groups in total. The maximum Gasteiger partial charge on any atom is 0.283 e. The third-order valence-corrected chi connectivity index (χ3v) is 2.67. The first-order valence-corrected chi connectivity index (χ1v) is 5.48. The molecular formula is C9H14BrN3O2. The summed E-state index contributed by atoms with van der Waals surface area (Å²) in [4.78, 5) is 11.6. The van der Waals surface area contributed by atoms with Gasteiger partial charge in [-0.2, -0.15) is 5.10 Å². The minimum absolute atomic E-state index is 0.125. The van der Waals surface area contributed by atoms with E-state index in [1.807, 2.05) is 6.92 Å². The Morgan fingerprint density at radius 3 is 3.00 bits per heavy atom. The van der Waals surface area contributed by atoms with E-state index in [2.05, 4.69) is 26.3 Å². The summed E-state index contributed by atoms with van der Waals surface area (Å²) in [6.07, 6.45) is 1.63. The van der Waals surface area contributed by atoms with Gasteiger partial charge in [0.05, 0.1) is 18.5 Å². The van der Waals surface area contributed by atoms with E-state index < -0.39 is 0 Å². The molecule has 6 heteroatoms. The Labute approximate surface area is 96.6 Å². The van der Waals surface area contributed by atoms with Crippen LogP contribution in [-0.2, 0) is 11.3 Å². The highest BCUT2D eigenvalue weighted by Gasteiger charge is 2.06. The number of anilines is 1. The number of nitrogens with zero attached hydrogens (tertiary/aromatic N) is 2. The largest absolute Gasteiger partial charge is 0.383 e. The molecule has 0 bridgehead atoms. The van der Waals surface area contributed by atoms with Crippen LogP contribution in [0.5, 0.6) is 0 Å². The maximum atomic E-state index is 11.6. The van der Waals surface area contributed by atoms with Gasteiger partial charge in [0.1, 0.15) is 4.47 Å². The van der Waals surface area contributed by atoms with Crippen molar-refractivity contribution in [3.8, 4) is 0 Å². The van der Waals surface area contributed by atoms with Gasteiger partial charge in [0.25, 0.3) is 5.56 Å². The Balaban J connectivity index is 2.82. The lowest BCUT2D eigenvalue weighted by Gasteiger charge is -2.08.